The molecule has 17 rings (SSSR count). The van der Waals surface area contributed by atoms with E-state index in [0.29, 0.717) is 5.75 Å². The van der Waals surface area contributed by atoms with Crippen LogP contribution in [-0.2, 0) is 16.2 Å². The van der Waals surface area contributed by atoms with Gasteiger partial charge in [0.15, 0.2) is 0 Å². The summed E-state index contributed by atoms with van der Waals surface area (Å²) in [5, 5.41) is 0. The summed E-state index contributed by atoms with van der Waals surface area (Å²) in [6, 6.07) is 132. The summed E-state index contributed by atoms with van der Waals surface area (Å²) < 4.78 is 7.33. The van der Waals surface area contributed by atoms with Crippen molar-refractivity contribution in [3.63, 3.8) is 0 Å². The van der Waals surface area contributed by atoms with Gasteiger partial charge >= 0.3 is 0 Å². The summed E-state index contributed by atoms with van der Waals surface area (Å²) in [4.78, 5) is 17.1. The maximum absolute atomic E-state index is 7.33. The second kappa shape index (κ2) is 29.7. The van der Waals surface area contributed by atoms with Gasteiger partial charge in [-0.3, -0.25) is 0 Å². The highest BCUT2D eigenvalue weighted by molar-refractivity contribution is 8.00. The lowest BCUT2D eigenvalue weighted by Crippen LogP contribution is -2.21. The van der Waals surface area contributed by atoms with E-state index in [1.807, 2.05) is 53.9 Å². The smallest absolute Gasteiger partial charge is 0.131 e. The van der Waals surface area contributed by atoms with E-state index in [1.165, 1.54) is 30.7 Å². The molecular weight excluding hydrogens is 1390 g/mol. The Kier molecular flexibility index (Phi) is 19.3. The molecule has 0 N–H and O–H groups in total. The molecule has 0 aromatic heterocycles. The Balaban J connectivity index is 1.05. The molecule has 0 bridgehead atoms. The molecule has 2 aliphatic rings. The van der Waals surface area contributed by atoms with Crippen molar-refractivity contribution in [2.45, 2.75) is 108 Å². The third kappa shape index (κ3) is 14.4. The van der Waals surface area contributed by atoms with E-state index in [9.17, 15) is 0 Å². The predicted molar refractivity (Wildman–Crippen MR) is 468 cm³/mol. The van der Waals surface area contributed by atoms with Crippen LogP contribution in [-0.4, -0.2) is 0 Å². The SMILES string of the molecule is CC(C)(C)c1cc(N(c2cc(Oc3ccccc3)cc(N3c4ccccc4Sc4ccccc43)c2)c2c(-c3ccccc3)cc(C(C)(C)C)cc2-c2ccccc2)cc(N(c2cc(Sc3ccccc3)cc(N3c4ccccc4Sc4ccccc43)c2)c2c(-c3ccccc3)cc(C(C)(C)C)cc2-c2ccccc2)c1. The minimum atomic E-state index is -0.430. The van der Waals surface area contributed by atoms with Crippen LogP contribution >= 0.6 is 35.3 Å². The van der Waals surface area contributed by atoms with Crippen molar-refractivity contribution in [1.29, 1.82) is 0 Å². The molecule has 0 radical (unpaired) electrons. The molecule has 15 aromatic rings. The van der Waals surface area contributed by atoms with E-state index < -0.39 is 5.41 Å². The van der Waals surface area contributed by atoms with Gasteiger partial charge in [0.25, 0.3) is 0 Å². The van der Waals surface area contributed by atoms with Gasteiger partial charge in [-0.2, -0.15) is 0 Å². The molecule has 2 aliphatic heterocycles. The summed E-state index contributed by atoms with van der Waals surface area (Å²) >= 11 is 5.43. The molecule has 0 atom stereocenters. The number of hydrogen-bond acceptors (Lipinski definition) is 8. The van der Waals surface area contributed by atoms with Crippen molar-refractivity contribution in [1.82, 2.24) is 0 Å². The molecule has 5 nitrogen and oxygen atoms in total. The van der Waals surface area contributed by atoms with Crippen molar-refractivity contribution in [3.05, 3.63) is 375 Å². The first-order chi connectivity index (χ1) is 53.4. The zero-order valence-electron chi connectivity index (χ0n) is 63.5. The lowest BCUT2D eigenvalue weighted by molar-refractivity contribution is 0.483. The van der Waals surface area contributed by atoms with Gasteiger partial charge in [-0.15, -0.1) is 0 Å². The van der Waals surface area contributed by atoms with E-state index >= 15 is 0 Å². The molecule has 0 spiro atoms. The number of hydrogen-bond donors (Lipinski definition) is 0. The average Bonchev–Trinajstić information content (AvgIpc) is 0.725. The molecule has 110 heavy (non-hydrogen) atoms. The Bertz CT molecular complexity index is 5310. The van der Waals surface area contributed by atoms with Crippen LogP contribution in [0.15, 0.2) is 387 Å². The Labute approximate surface area is 661 Å². The van der Waals surface area contributed by atoms with Gasteiger partial charge in [0.2, 0.25) is 0 Å². The van der Waals surface area contributed by atoms with E-state index in [-0.39, 0.29) is 10.8 Å². The molecule has 0 unspecified atom stereocenters. The van der Waals surface area contributed by atoms with Crippen molar-refractivity contribution in [2.75, 3.05) is 19.6 Å². The van der Waals surface area contributed by atoms with E-state index in [4.69, 9.17) is 4.74 Å². The number of ether oxygens (including phenoxy) is 1. The predicted octanol–water partition coefficient (Wildman–Crippen LogP) is 31.0. The van der Waals surface area contributed by atoms with E-state index in [2.05, 4.69) is 409 Å². The van der Waals surface area contributed by atoms with Gasteiger partial charge in [0.1, 0.15) is 11.5 Å². The number of nitrogens with zero attached hydrogens (tertiary/aromatic N) is 4. The van der Waals surface area contributed by atoms with E-state index in [1.54, 1.807) is 11.8 Å². The first-order valence-electron chi connectivity index (χ1n) is 37.8. The molecule has 538 valence electrons. The van der Waals surface area contributed by atoms with Crippen LogP contribution in [0.1, 0.15) is 79.0 Å². The van der Waals surface area contributed by atoms with Crippen LogP contribution in [0.2, 0.25) is 0 Å². The summed E-state index contributed by atoms with van der Waals surface area (Å²) in [6.45, 7) is 21.1. The van der Waals surface area contributed by atoms with Crippen LogP contribution in [0, 0.1) is 0 Å². The van der Waals surface area contributed by atoms with Gasteiger partial charge in [-0.05, 0) is 195 Å². The molecule has 0 aliphatic carbocycles. The summed E-state index contributed by atoms with van der Waals surface area (Å²) in [5.74, 6) is 1.42. The maximum atomic E-state index is 7.33. The fraction of sp³-hybridized carbons (Fsp3) is 0.118. The van der Waals surface area contributed by atoms with Crippen LogP contribution in [0.5, 0.6) is 11.5 Å². The zero-order valence-corrected chi connectivity index (χ0v) is 65.9. The van der Waals surface area contributed by atoms with Crippen LogP contribution in [0.25, 0.3) is 44.5 Å². The van der Waals surface area contributed by atoms with Crippen molar-refractivity contribution < 1.29 is 4.74 Å². The normalized spacial score (nSPS) is 12.5. The largest absolute Gasteiger partial charge is 0.457 e. The fourth-order valence-electron chi connectivity index (χ4n) is 15.1. The molecule has 0 saturated carbocycles. The molecule has 0 fully saturated rings. The third-order valence-electron chi connectivity index (χ3n) is 20.6. The number of rotatable bonds is 16. The lowest BCUT2D eigenvalue weighted by Gasteiger charge is -2.38. The number of fused-ring (bicyclic) bond motifs is 4. The van der Waals surface area contributed by atoms with Crippen LogP contribution in [0.4, 0.5) is 68.2 Å². The second-order valence-electron chi connectivity index (χ2n) is 31.4. The zero-order chi connectivity index (χ0) is 75.3. The Morgan fingerprint density at radius 2 is 0.564 bits per heavy atom. The number of para-hydroxylation sites is 5. The van der Waals surface area contributed by atoms with Gasteiger partial charge in [-0.25, -0.2) is 0 Å². The highest BCUT2D eigenvalue weighted by atomic mass is 32.2. The fourth-order valence-corrected chi connectivity index (χ4v) is 18.1. The van der Waals surface area contributed by atoms with Crippen molar-refractivity contribution in [2.24, 2.45) is 0 Å². The minimum absolute atomic E-state index is 0.243. The molecule has 0 amide bonds. The summed E-state index contributed by atoms with van der Waals surface area (Å²) in [5.41, 5.74) is 23.7. The Morgan fingerprint density at radius 1 is 0.264 bits per heavy atom. The minimum Gasteiger partial charge on any atom is -0.457 e. The topological polar surface area (TPSA) is 22.2 Å². The monoisotopic (exact) mass is 1480 g/mol. The standard InChI is InChI=1S/C102H86N4OS3/c1-100(2,3)73-56-76(103(98-86(69-36-16-10-17-37-69)58-74(101(4,5)6)59-87(98)70-38-18-11-19-39-70)78-63-79(66-83(65-78)107-82-44-24-14-25-45-82)105-90-48-28-32-52-94(90)109-95-53-33-29-49-91(95)105)62-77(57-73)104(99-88(71-40-20-12-21-41-71)60-75(102(7,8)9)61-89(99)72-42-22-13-23-43-72)80-64-81(68-85(67-80)108-84-46-26-15-27-47-84)106-92-50-30-34-54-96(92)110-97-55-35-31-51-93(97)106/h10-68H,1-9H3. The third-order valence-corrected chi connectivity index (χ3v) is 23.9. The molecular formula is C102H86N4OS3. The molecule has 8 heteroatoms. The maximum Gasteiger partial charge on any atom is 0.131 e. The first kappa shape index (κ1) is 71.3. The van der Waals surface area contributed by atoms with Gasteiger partial charge in [0, 0.05) is 86.5 Å². The number of anilines is 12. The summed E-state index contributed by atoms with van der Waals surface area (Å²) in [7, 11) is 0. The lowest BCUT2D eigenvalue weighted by atomic mass is 9.81. The number of benzene rings is 15. The van der Waals surface area contributed by atoms with Gasteiger partial charge in [0.05, 0.1) is 45.5 Å². The highest BCUT2D eigenvalue weighted by Gasteiger charge is 2.35. The van der Waals surface area contributed by atoms with Crippen LogP contribution < -0.4 is 24.3 Å². The Hall–Kier alpha value is -11.7. The Morgan fingerprint density at radius 3 is 0.927 bits per heavy atom. The average molecular weight is 1480 g/mol. The molecule has 2 heterocycles. The second-order valence-corrected chi connectivity index (χ2v) is 34.7. The quantitative estimate of drug-likeness (QED) is 0.0943. The first-order valence-corrected chi connectivity index (χ1v) is 40.3. The van der Waals surface area contributed by atoms with E-state index in [0.717, 1.165) is 134 Å². The van der Waals surface area contributed by atoms with Crippen molar-refractivity contribution in [3.8, 4) is 56.0 Å². The van der Waals surface area contributed by atoms with Gasteiger partial charge < -0.3 is 24.3 Å². The molecule has 0 saturated heterocycles. The van der Waals surface area contributed by atoms with Gasteiger partial charge in [-0.1, -0.05) is 304 Å². The van der Waals surface area contributed by atoms with Crippen molar-refractivity contribution >= 4 is 104 Å². The summed E-state index contributed by atoms with van der Waals surface area (Å²) in [6.07, 6.45) is 0. The van der Waals surface area contributed by atoms with Crippen LogP contribution in [0.3, 0.4) is 0 Å². The molecule has 15 aromatic carbocycles. The highest BCUT2D eigenvalue weighted by Crippen LogP contribution is 2.59.